The van der Waals surface area contributed by atoms with Gasteiger partial charge in [-0.05, 0) is 49.9 Å². The molecule has 186 valence electrons. The molecule has 0 aliphatic heterocycles. The Balaban J connectivity index is 2.44. The Labute approximate surface area is 201 Å². The first kappa shape index (κ1) is 27.1. The van der Waals surface area contributed by atoms with Crippen molar-refractivity contribution in [3.05, 3.63) is 47.5 Å². The molecular weight excluding hydrogens is 440 g/mol. The highest BCUT2D eigenvalue weighted by Gasteiger charge is 2.19. The second-order valence-corrected chi connectivity index (χ2v) is 8.60. The number of ether oxygens (including phenoxy) is 6. The zero-order chi connectivity index (χ0) is 25.1. The van der Waals surface area contributed by atoms with E-state index in [1.165, 1.54) is 21.3 Å². The van der Waals surface area contributed by atoms with Gasteiger partial charge >= 0.3 is 11.9 Å². The third-order valence-electron chi connectivity index (χ3n) is 4.65. The van der Waals surface area contributed by atoms with Crippen molar-refractivity contribution in [3.63, 3.8) is 0 Å². The molecule has 0 aliphatic rings. The predicted octanol–water partition coefficient (Wildman–Crippen LogP) is 4.31. The molecule has 0 radical (unpaired) electrons. The normalized spacial score (nSPS) is 11.1. The van der Waals surface area contributed by atoms with Crippen LogP contribution in [0.5, 0.6) is 11.5 Å². The van der Waals surface area contributed by atoms with Gasteiger partial charge in [0.1, 0.15) is 17.1 Å². The van der Waals surface area contributed by atoms with E-state index in [4.69, 9.17) is 28.4 Å². The lowest BCUT2D eigenvalue weighted by molar-refractivity contribution is -0.154. The maximum Gasteiger partial charge on any atom is 0.310 e. The van der Waals surface area contributed by atoms with E-state index in [-0.39, 0.29) is 32.4 Å². The summed E-state index contributed by atoms with van der Waals surface area (Å²) in [5, 5.41) is 0. The fourth-order valence-corrected chi connectivity index (χ4v) is 3.31. The van der Waals surface area contributed by atoms with Crippen LogP contribution in [0.4, 0.5) is 0 Å². The summed E-state index contributed by atoms with van der Waals surface area (Å²) >= 11 is 0. The van der Waals surface area contributed by atoms with Crippen LogP contribution in [0, 0.1) is 0 Å². The highest BCUT2D eigenvalue weighted by atomic mass is 16.7. The van der Waals surface area contributed by atoms with E-state index in [0.717, 1.165) is 11.1 Å². The van der Waals surface area contributed by atoms with Crippen LogP contribution in [0.2, 0.25) is 0 Å². The summed E-state index contributed by atoms with van der Waals surface area (Å²) in [7, 11) is 4.39. The molecule has 2 aromatic rings. The Morgan fingerprint density at radius 3 is 2.24 bits per heavy atom. The van der Waals surface area contributed by atoms with Gasteiger partial charge in [-0.15, -0.1) is 0 Å². The molecule has 0 aliphatic carbocycles. The number of aryl methyl sites for hydroxylation is 1. The van der Waals surface area contributed by atoms with Crippen molar-refractivity contribution in [2.75, 3.05) is 34.9 Å². The van der Waals surface area contributed by atoms with E-state index in [0.29, 0.717) is 29.0 Å². The number of benzene rings is 2. The third-order valence-corrected chi connectivity index (χ3v) is 4.65. The molecule has 2 rings (SSSR count). The van der Waals surface area contributed by atoms with Gasteiger partial charge in [0.25, 0.3) is 0 Å². The molecule has 8 nitrogen and oxygen atoms in total. The molecule has 0 heterocycles. The Morgan fingerprint density at radius 2 is 1.59 bits per heavy atom. The van der Waals surface area contributed by atoms with Crippen molar-refractivity contribution in [1.82, 2.24) is 0 Å². The molecule has 0 N–H and O–H groups in total. The van der Waals surface area contributed by atoms with E-state index in [2.05, 4.69) is 0 Å². The molecule has 2 aromatic carbocycles. The smallest absolute Gasteiger partial charge is 0.310 e. The van der Waals surface area contributed by atoms with Gasteiger partial charge in [-0.1, -0.05) is 24.3 Å². The summed E-state index contributed by atoms with van der Waals surface area (Å²) < 4.78 is 31.8. The number of rotatable bonds is 12. The highest BCUT2D eigenvalue weighted by molar-refractivity contribution is 5.82. The molecule has 0 fully saturated rings. The molecule has 0 amide bonds. The number of methoxy groups -OCH3 is 3. The third kappa shape index (κ3) is 8.68. The largest absolute Gasteiger partial charge is 0.469 e. The van der Waals surface area contributed by atoms with Crippen LogP contribution in [0.1, 0.15) is 38.3 Å². The van der Waals surface area contributed by atoms with Gasteiger partial charge in [-0.2, -0.15) is 0 Å². The first-order valence-corrected chi connectivity index (χ1v) is 10.9. The zero-order valence-corrected chi connectivity index (χ0v) is 20.8. The van der Waals surface area contributed by atoms with Crippen molar-refractivity contribution in [3.8, 4) is 22.6 Å². The Bertz CT molecular complexity index is 962. The van der Waals surface area contributed by atoms with Crippen molar-refractivity contribution in [2.45, 2.75) is 45.6 Å². The van der Waals surface area contributed by atoms with Crippen LogP contribution < -0.4 is 9.47 Å². The molecule has 0 bridgehead atoms. The van der Waals surface area contributed by atoms with Gasteiger partial charge in [0.05, 0.1) is 13.5 Å². The summed E-state index contributed by atoms with van der Waals surface area (Å²) in [6.45, 7) is 5.58. The summed E-state index contributed by atoms with van der Waals surface area (Å²) in [6.07, 6.45) is 0.784. The number of esters is 2. The molecule has 0 spiro atoms. The molecule has 0 atom stereocenters. The van der Waals surface area contributed by atoms with Gasteiger partial charge < -0.3 is 28.4 Å². The van der Waals surface area contributed by atoms with Crippen LogP contribution in [-0.4, -0.2) is 52.5 Å². The van der Waals surface area contributed by atoms with Gasteiger partial charge in [-0.3, -0.25) is 9.59 Å². The standard InChI is InChI=1S/C26H34O8/c1-26(2,3)34-23(27)11-10-18-8-7-9-19(12-18)25-20(14-24(28)31-6)13-21(32-16-29-4)15-22(25)33-17-30-5/h7-9,12-13,15H,10-11,14,16-17H2,1-6H3. The lowest BCUT2D eigenvalue weighted by Crippen LogP contribution is -2.24. The highest BCUT2D eigenvalue weighted by Crippen LogP contribution is 2.38. The van der Waals surface area contributed by atoms with E-state index in [1.54, 1.807) is 12.1 Å². The van der Waals surface area contributed by atoms with E-state index in [1.807, 2.05) is 45.0 Å². The van der Waals surface area contributed by atoms with E-state index >= 15 is 0 Å². The molecule has 0 aromatic heterocycles. The maximum atomic E-state index is 12.2. The van der Waals surface area contributed by atoms with Gasteiger partial charge in [0.2, 0.25) is 0 Å². The number of carbonyl (C=O) groups excluding carboxylic acids is 2. The summed E-state index contributed by atoms with van der Waals surface area (Å²) in [5.41, 5.74) is 2.62. The summed E-state index contributed by atoms with van der Waals surface area (Å²) in [6, 6.07) is 11.2. The number of carbonyl (C=O) groups is 2. The SMILES string of the molecule is COCOc1cc(CC(=O)OC)c(-c2cccc(CCC(=O)OC(C)(C)C)c2)c(OCOC)c1. The van der Waals surface area contributed by atoms with Crippen molar-refractivity contribution in [2.24, 2.45) is 0 Å². The van der Waals surface area contributed by atoms with Crippen LogP contribution in [0.3, 0.4) is 0 Å². The average molecular weight is 475 g/mol. The Kier molecular flexibility index (Phi) is 10.3. The lowest BCUT2D eigenvalue weighted by Gasteiger charge is -2.20. The fraction of sp³-hybridized carbons (Fsp3) is 0.462. The van der Waals surface area contributed by atoms with Crippen LogP contribution in [-0.2, 0) is 41.4 Å². The minimum Gasteiger partial charge on any atom is -0.469 e. The van der Waals surface area contributed by atoms with Gasteiger partial charge in [0.15, 0.2) is 13.6 Å². The Morgan fingerprint density at radius 1 is 0.882 bits per heavy atom. The van der Waals surface area contributed by atoms with Crippen LogP contribution in [0.25, 0.3) is 11.1 Å². The van der Waals surface area contributed by atoms with Crippen molar-refractivity contribution in [1.29, 1.82) is 0 Å². The maximum absolute atomic E-state index is 12.2. The average Bonchev–Trinajstić information content (AvgIpc) is 2.78. The van der Waals surface area contributed by atoms with E-state index in [9.17, 15) is 9.59 Å². The Hall–Kier alpha value is -3.10. The minimum absolute atomic E-state index is 0.0106. The molecule has 0 saturated heterocycles. The second kappa shape index (κ2) is 13.0. The minimum atomic E-state index is -0.526. The first-order valence-electron chi connectivity index (χ1n) is 10.9. The molecule has 0 saturated carbocycles. The number of hydrogen-bond donors (Lipinski definition) is 0. The van der Waals surface area contributed by atoms with E-state index < -0.39 is 11.6 Å². The molecular formula is C26H34O8. The van der Waals surface area contributed by atoms with Gasteiger partial charge in [-0.25, -0.2) is 0 Å². The number of hydrogen-bond acceptors (Lipinski definition) is 8. The summed E-state index contributed by atoms with van der Waals surface area (Å²) in [4.78, 5) is 24.3. The second-order valence-electron chi connectivity index (χ2n) is 8.60. The fourth-order valence-electron chi connectivity index (χ4n) is 3.31. The zero-order valence-electron chi connectivity index (χ0n) is 20.8. The van der Waals surface area contributed by atoms with Gasteiger partial charge in [0, 0.05) is 32.3 Å². The molecule has 34 heavy (non-hydrogen) atoms. The van der Waals surface area contributed by atoms with Crippen molar-refractivity contribution < 1.29 is 38.0 Å². The van der Waals surface area contributed by atoms with Crippen molar-refractivity contribution >= 4 is 11.9 Å². The summed E-state index contributed by atoms with van der Waals surface area (Å²) in [5.74, 6) is 0.312. The topological polar surface area (TPSA) is 89.5 Å². The lowest BCUT2D eigenvalue weighted by atomic mass is 9.94. The van der Waals surface area contributed by atoms with Crippen LogP contribution in [0.15, 0.2) is 36.4 Å². The monoisotopic (exact) mass is 474 g/mol. The molecule has 8 heteroatoms. The molecule has 0 unspecified atom stereocenters. The predicted molar refractivity (Wildman–Crippen MR) is 127 cm³/mol. The quantitative estimate of drug-likeness (QED) is 0.332. The first-order chi connectivity index (χ1) is 16.2. The van der Waals surface area contributed by atoms with Crippen LogP contribution >= 0.6 is 0 Å².